The second-order valence-corrected chi connectivity index (χ2v) is 6.40. The molecule has 0 aromatic heterocycles. The number of phenols is 4. The summed E-state index contributed by atoms with van der Waals surface area (Å²) in [5.74, 6) is 0.174. The average Bonchev–Trinajstić information content (AvgIpc) is 2.62. The zero-order chi connectivity index (χ0) is 19.6. The van der Waals surface area contributed by atoms with Crippen molar-refractivity contribution >= 4 is 0 Å². The number of fused-ring (bicyclic) bond motifs is 1. The number of rotatable bonds is 5. The van der Waals surface area contributed by atoms with Crippen LogP contribution < -0.4 is 4.74 Å². The first kappa shape index (κ1) is 18.5. The Morgan fingerprint density at radius 2 is 1.93 bits per heavy atom. The highest BCUT2D eigenvalue weighted by Gasteiger charge is 2.35. The minimum atomic E-state index is -0.632. The van der Waals surface area contributed by atoms with Gasteiger partial charge in [-0.2, -0.15) is 0 Å². The monoisotopic (exact) mass is 370 g/mol. The molecule has 27 heavy (non-hydrogen) atoms. The molecule has 6 heteroatoms. The molecule has 0 saturated carbocycles. The van der Waals surface area contributed by atoms with Gasteiger partial charge in [0.05, 0.1) is 5.76 Å². The van der Waals surface area contributed by atoms with Crippen LogP contribution in [0.4, 0.5) is 0 Å². The molecule has 0 saturated heterocycles. The molecule has 1 unspecified atom stereocenters. The lowest BCUT2D eigenvalue weighted by molar-refractivity contribution is -0.00534. The first-order valence-corrected chi connectivity index (χ1v) is 8.58. The van der Waals surface area contributed by atoms with Crippen LogP contribution in [0.2, 0.25) is 0 Å². The van der Waals surface area contributed by atoms with Crippen LogP contribution in [0, 0.1) is 0 Å². The van der Waals surface area contributed by atoms with Gasteiger partial charge in [-0.3, -0.25) is 0 Å². The van der Waals surface area contributed by atoms with Gasteiger partial charge in [-0.25, -0.2) is 0 Å². The highest BCUT2D eigenvalue weighted by atomic mass is 16.5. The molecule has 1 aliphatic rings. The van der Waals surface area contributed by atoms with Crippen LogP contribution in [0.15, 0.2) is 54.8 Å². The number of phenolic OH excluding ortho intramolecular Hbond substituents is 4. The van der Waals surface area contributed by atoms with Crippen molar-refractivity contribution in [1.82, 2.24) is 0 Å². The Morgan fingerprint density at radius 1 is 1.15 bits per heavy atom. The highest BCUT2D eigenvalue weighted by Crippen LogP contribution is 2.44. The summed E-state index contributed by atoms with van der Waals surface area (Å²) in [5.41, 5.74) is 1.11. The van der Waals surface area contributed by atoms with Gasteiger partial charge >= 0.3 is 0 Å². The second-order valence-electron chi connectivity index (χ2n) is 6.40. The Hall–Kier alpha value is -3.28. The quantitative estimate of drug-likeness (QED) is 0.360. The van der Waals surface area contributed by atoms with Gasteiger partial charge in [0.15, 0.2) is 17.6 Å². The van der Waals surface area contributed by atoms with Crippen molar-refractivity contribution in [2.24, 2.45) is 0 Å². The van der Waals surface area contributed by atoms with E-state index in [0.29, 0.717) is 35.5 Å². The van der Waals surface area contributed by atoms with E-state index in [4.69, 9.17) is 9.47 Å². The van der Waals surface area contributed by atoms with Crippen molar-refractivity contribution in [2.45, 2.75) is 32.0 Å². The number of hydrogen-bond donors (Lipinski definition) is 4. The van der Waals surface area contributed by atoms with Crippen molar-refractivity contribution in [3.05, 3.63) is 65.9 Å². The molecule has 0 spiro atoms. The summed E-state index contributed by atoms with van der Waals surface area (Å²) in [6.07, 6.45) is 3.52. The molecule has 4 N–H and O–H groups in total. The van der Waals surface area contributed by atoms with Crippen LogP contribution >= 0.6 is 0 Å². The Morgan fingerprint density at radius 3 is 2.63 bits per heavy atom. The fourth-order valence-corrected chi connectivity index (χ4v) is 3.06. The average molecular weight is 370 g/mol. The van der Waals surface area contributed by atoms with Crippen LogP contribution in [0.3, 0.4) is 0 Å². The van der Waals surface area contributed by atoms with Gasteiger partial charge < -0.3 is 29.9 Å². The van der Waals surface area contributed by atoms with E-state index >= 15 is 0 Å². The molecule has 1 heterocycles. The van der Waals surface area contributed by atoms with Crippen LogP contribution in [-0.4, -0.2) is 26.5 Å². The van der Waals surface area contributed by atoms with Crippen LogP contribution in [0.25, 0.3) is 0 Å². The van der Waals surface area contributed by atoms with Crippen LogP contribution in [0.1, 0.15) is 30.6 Å². The Balaban J connectivity index is 1.97. The van der Waals surface area contributed by atoms with E-state index < -0.39 is 12.2 Å². The second kappa shape index (κ2) is 7.53. The van der Waals surface area contributed by atoms with Crippen LogP contribution in [0.5, 0.6) is 28.7 Å². The van der Waals surface area contributed by atoms with Gasteiger partial charge in [-0.05, 0) is 19.1 Å². The van der Waals surface area contributed by atoms with Crippen molar-refractivity contribution in [3.63, 3.8) is 0 Å². The van der Waals surface area contributed by atoms with E-state index in [0.717, 1.165) is 0 Å². The summed E-state index contributed by atoms with van der Waals surface area (Å²) in [4.78, 5) is 0. The molecule has 142 valence electrons. The molecule has 2 atom stereocenters. The predicted molar refractivity (Wildman–Crippen MR) is 100 cm³/mol. The van der Waals surface area contributed by atoms with E-state index in [1.165, 1.54) is 24.3 Å². The van der Waals surface area contributed by atoms with Crippen molar-refractivity contribution in [2.75, 3.05) is 0 Å². The lowest BCUT2D eigenvalue weighted by atomic mass is 9.93. The number of hydrogen-bond acceptors (Lipinski definition) is 6. The Bertz CT molecular complexity index is 886. The number of ether oxygens (including phenoxy) is 2. The molecular weight excluding hydrogens is 348 g/mol. The molecular formula is C21H22O6. The summed E-state index contributed by atoms with van der Waals surface area (Å²) < 4.78 is 12.0. The SMILES string of the molecule is C=C(C/C=C/C)OC1Cc2c(O)cc(O)cc2O[C@@H]1c1ccc(O)c(O)c1. The first-order chi connectivity index (χ1) is 12.9. The first-order valence-electron chi connectivity index (χ1n) is 8.58. The molecule has 0 radical (unpaired) electrons. The maximum absolute atomic E-state index is 10.2. The molecule has 0 bridgehead atoms. The summed E-state index contributed by atoms with van der Waals surface area (Å²) in [7, 11) is 0. The van der Waals surface area contributed by atoms with Gasteiger partial charge in [-0.1, -0.05) is 24.8 Å². The normalized spacial score (nSPS) is 18.7. The predicted octanol–water partition coefficient (Wildman–Crippen LogP) is 4.05. The number of benzene rings is 2. The molecule has 6 nitrogen and oxygen atoms in total. The van der Waals surface area contributed by atoms with E-state index in [-0.39, 0.29) is 23.0 Å². The standard InChI is InChI=1S/C21H22O6/c1-3-4-5-12(2)26-20-11-15-17(24)9-14(22)10-19(15)27-21(20)13-6-7-16(23)18(25)8-13/h3-4,6-10,20-25H,2,5,11H2,1H3/b4-3+/t20?,21-/m1/s1. The topological polar surface area (TPSA) is 99.4 Å². The Labute approximate surface area is 157 Å². The lowest BCUT2D eigenvalue weighted by Crippen LogP contribution is -2.32. The molecule has 3 rings (SSSR count). The van der Waals surface area contributed by atoms with Gasteiger partial charge in [-0.15, -0.1) is 0 Å². The summed E-state index contributed by atoms with van der Waals surface area (Å²) in [6.45, 7) is 5.82. The zero-order valence-corrected chi connectivity index (χ0v) is 14.9. The zero-order valence-electron chi connectivity index (χ0n) is 14.9. The van der Waals surface area contributed by atoms with Crippen molar-refractivity contribution in [3.8, 4) is 28.7 Å². The summed E-state index contributed by atoms with van der Waals surface area (Å²) in [5, 5.41) is 39.3. The molecule has 0 aliphatic carbocycles. The fourth-order valence-electron chi connectivity index (χ4n) is 3.06. The lowest BCUT2D eigenvalue weighted by Gasteiger charge is -2.35. The van der Waals surface area contributed by atoms with Gasteiger partial charge in [0.1, 0.15) is 23.4 Å². The van der Waals surface area contributed by atoms with E-state index in [1.54, 1.807) is 6.07 Å². The highest BCUT2D eigenvalue weighted by molar-refractivity contribution is 5.52. The van der Waals surface area contributed by atoms with Crippen molar-refractivity contribution < 1.29 is 29.9 Å². The third kappa shape index (κ3) is 3.95. The van der Waals surface area contributed by atoms with Gasteiger partial charge in [0.25, 0.3) is 0 Å². The van der Waals surface area contributed by atoms with E-state index in [9.17, 15) is 20.4 Å². The third-order valence-electron chi connectivity index (χ3n) is 4.39. The fraction of sp³-hybridized carbons (Fsp3) is 0.238. The molecule has 2 aromatic carbocycles. The molecule has 2 aromatic rings. The minimum Gasteiger partial charge on any atom is -0.508 e. The van der Waals surface area contributed by atoms with E-state index in [1.807, 2.05) is 19.1 Å². The maximum atomic E-state index is 10.2. The minimum absolute atomic E-state index is 0.0790. The van der Waals surface area contributed by atoms with Gasteiger partial charge in [0.2, 0.25) is 0 Å². The Kier molecular flexibility index (Phi) is 5.16. The number of aromatic hydroxyl groups is 4. The van der Waals surface area contributed by atoms with Crippen LogP contribution in [-0.2, 0) is 11.2 Å². The molecule has 1 aliphatic heterocycles. The summed E-state index contributed by atoms with van der Waals surface area (Å²) in [6, 6.07) is 7.07. The van der Waals surface area contributed by atoms with Crippen molar-refractivity contribution in [1.29, 1.82) is 0 Å². The maximum Gasteiger partial charge on any atom is 0.161 e. The van der Waals surface area contributed by atoms with Gasteiger partial charge in [0, 0.05) is 36.1 Å². The van der Waals surface area contributed by atoms with E-state index in [2.05, 4.69) is 6.58 Å². The smallest absolute Gasteiger partial charge is 0.161 e. The number of allylic oxidation sites excluding steroid dienone is 2. The third-order valence-corrected chi connectivity index (χ3v) is 4.39. The summed E-state index contributed by atoms with van der Waals surface area (Å²) >= 11 is 0. The molecule has 0 fully saturated rings. The largest absolute Gasteiger partial charge is 0.508 e. The molecule has 0 amide bonds.